The van der Waals surface area contributed by atoms with Gasteiger partial charge in [-0.25, -0.2) is 0 Å². The van der Waals surface area contributed by atoms with Gasteiger partial charge >= 0.3 is 0 Å². The van der Waals surface area contributed by atoms with Crippen molar-refractivity contribution in [1.29, 1.82) is 0 Å². The van der Waals surface area contributed by atoms with Crippen LogP contribution in [-0.4, -0.2) is 45.8 Å². The van der Waals surface area contributed by atoms with Crippen molar-refractivity contribution in [1.82, 2.24) is 20.1 Å². The number of nitrogens with one attached hydrogen (secondary N) is 1. The van der Waals surface area contributed by atoms with Crippen LogP contribution in [0.5, 0.6) is 5.75 Å². The Morgan fingerprint density at radius 2 is 1.96 bits per heavy atom. The molecule has 0 fully saturated rings. The zero-order chi connectivity index (χ0) is 17.4. The third-order valence-electron chi connectivity index (χ3n) is 3.54. The van der Waals surface area contributed by atoms with Crippen molar-refractivity contribution < 1.29 is 14.6 Å². The van der Waals surface area contributed by atoms with Crippen molar-refractivity contribution >= 4 is 6.47 Å². The highest BCUT2D eigenvalue weighted by Crippen LogP contribution is 2.24. The predicted molar refractivity (Wildman–Crippen MR) is 87.5 cm³/mol. The summed E-state index contributed by atoms with van der Waals surface area (Å²) in [5, 5.41) is 13.9. The van der Waals surface area contributed by atoms with Crippen LogP contribution < -0.4 is 4.74 Å². The van der Waals surface area contributed by atoms with E-state index in [1.54, 1.807) is 7.11 Å². The smallest absolute Gasteiger partial charge is 0.290 e. The summed E-state index contributed by atoms with van der Waals surface area (Å²) in [6, 6.07) is 0. The molecule has 2 heterocycles. The second kappa shape index (κ2) is 8.89. The van der Waals surface area contributed by atoms with E-state index in [1.807, 2.05) is 26.2 Å². The summed E-state index contributed by atoms with van der Waals surface area (Å²) in [6.45, 7) is 7.49. The number of H-pyrrole nitrogens is 1. The van der Waals surface area contributed by atoms with Gasteiger partial charge < -0.3 is 9.84 Å². The molecule has 0 saturated heterocycles. The fraction of sp³-hybridized carbons (Fsp3) is 0.438. The molecule has 2 rings (SSSR count). The molecule has 126 valence electrons. The first-order valence-electron chi connectivity index (χ1n) is 7.18. The number of carbonyl (C=O) groups is 1. The first-order chi connectivity index (χ1) is 10.9. The molecule has 0 saturated carbocycles. The number of aryl methyl sites for hydroxylation is 2. The molecule has 0 bridgehead atoms. The highest BCUT2D eigenvalue weighted by Gasteiger charge is 2.12. The number of ether oxygens (including phenoxy) is 1. The second-order valence-corrected chi connectivity index (χ2v) is 5.34. The van der Waals surface area contributed by atoms with Crippen LogP contribution in [-0.2, 0) is 17.9 Å². The van der Waals surface area contributed by atoms with Gasteiger partial charge in [-0.2, -0.15) is 5.10 Å². The number of aromatic nitrogens is 3. The van der Waals surface area contributed by atoms with Crippen molar-refractivity contribution in [3.8, 4) is 5.75 Å². The fourth-order valence-corrected chi connectivity index (χ4v) is 2.37. The summed E-state index contributed by atoms with van der Waals surface area (Å²) in [5.74, 6) is 0.933. The molecule has 0 aliphatic heterocycles. The van der Waals surface area contributed by atoms with Crippen LogP contribution in [0.2, 0.25) is 0 Å². The molecule has 0 aliphatic carbocycles. The zero-order valence-corrected chi connectivity index (χ0v) is 14.3. The summed E-state index contributed by atoms with van der Waals surface area (Å²) in [4.78, 5) is 15.1. The zero-order valence-electron chi connectivity index (χ0n) is 14.3. The van der Waals surface area contributed by atoms with Crippen LogP contribution in [0.1, 0.15) is 28.1 Å². The van der Waals surface area contributed by atoms with Gasteiger partial charge in [-0.3, -0.25) is 19.8 Å². The van der Waals surface area contributed by atoms with Gasteiger partial charge in [0.15, 0.2) is 0 Å². The van der Waals surface area contributed by atoms with E-state index >= 15 is 0 Å². The largest absolute Gasteiger partial charge is 0.496 e. The van der Waals surface area contributed by atoms with E-state index in [1.165, 1.54) is 5.56 Å². The number of rotatable bonds is 5. The summed E-state index contributed by atoms with van der Waals surface area (Å²) in [7, 11) is 3.79. The highest BCUT2D eigenvalue weighted by atomic mass is 16.5. The molecule has 0 aromatic carbocycles. The van der Waals surface area contributed by atoms with Gasteiger partial charge in [-0.15, -0.1) is 0 Å². The van der Waals surface area contributed by atoms with Gasteiger partial charge in [0.2, 0.25) is 0 Å². The molecule has 0 spiro atoms. The van der Waals surface area contributed by atoms with Crippen LogP contribution in [0.4, 0.5) is 0 Å². The normalized spacial score (nSPS) is 10.2. The van der Waals surface area contributed by atoms with Gasteiger partial charge in [0, 0.05) is 41.7 Å². The number of hydrogen-bond acceptors (Lipinski definition) is 5. The Hall–Kier alpha value is -2.41. The molecule has 2 aromatic rings. The van der Waals surface area contributed by atoms with E-state index < -0.39 is 0 Å². The van der Waals surface area contributed by atoms with Crippen LogP contribution in [0.25, 0.3) is 0 Å². The summed E-state index contributed by atoms with van der Waals surface area (Å²) in [6.07, 6.45) is 3.75. The van der Waals surface area contributed by atoms with E-state index in [0.717, 1.165) is 41.4 Å². The third kappa shape index (κ3) is 5.07. The molecule has 2 aromatic heterocycles. The van der Waals surface area contributed by atoms with Crippen LogP contribution >= 0.6 is 0 Å². The van der Waals surface area contributed by atoms with Crippen molar-refractivity contribution in [3.63, 3.8) is 0 Å². The fourth-order valence-electron chi connectivity index (χ4n) is 2.37. The van der Waals surface area contributed by atoms with E-state index in [2.05, 4.69) is 34.1 Å². The minimum absolute atomic E-state index is 0.250. The Labute approximate surface area is 136 Å². The van der Waals surface area contributed by atoms with Crippen LogP contribution in [0, 0.1) is 20.8 Å². The Balaban J connectivity index is 0.000000816. The summed E-state index contributed by atoms with van der Waals surface area (Å²) < 4.78 is 5.45. The van der Waals surface area contributed by atoms with Crippen LogP contribution in [0.15, 0.2) is 12.4 Å². The molecule has 2 N–H and O–H groups in total. The minimum Gasteiger partial charge on any atom is -0.496 e. The summed E-state index contributed by atoms with van der Waals surface area (Å²) >= 11 is 0. The number of aromatic amines is 1. The maximum absolute atomic E-state index is 8.36. The average molecular weight is 320 g/mol. The number of nitrogens with zero attached hydrogens (tertiary/aromatic N) is 3. The van der Waals surface area contributed by atoms with Gasteiger partial charge in [0.05, 0.1) is 19.0 Å². The Kier molecular flexibility index (Phi) is 7.21. The topological polar surface area (TPSA) is 91.3 Å². The maximum Gasteiger partial charge on any atom is 0.290 e. The Bertz CT molecular complexity index is 640. The first-order valence-corrected chi connectivity index (χ1v) is 7.18. The molecule has 0 radical (unpaired) electrons. The number of pyridine rings is 1. The number of carboxylic acid groups (broad SMARTS) is 1. The molecular weight excluding hydrogens is 296 g/mol. The Morgan fingerprint density at radius 3 is 2.48 bits per heavy atom. The molecule has 0 aliphatic rings. The standard InChI is InChI=1S/C15H22N4O.CH2O2/c1-10-6-16-14(11(2)15(10)20-5)9-19(4)8-13-7-17-18-12(13)3;2-1-3/h6-7H,8-9H2,1-5H3,(H,17,18);1H,(H,2,3). The lowest BCUT2D eigenvalue weighted by atomic mass is 10.1. The lowest BCUT2D eigenvalue weighted by Gasteiger charge is -2.18. The highest BCUT2D eigenvalue weighted by molar-refractivity contribution is 5.41. The molecule has 0 unspecified atom stereocenters. The first kappa shape index (κ1) is 18.6. The predicted octanol–water partition coefficient (Wildman–Crippen LogP) is 2.07. The monoisotopic (exact) mass is 320 g/mol. The molecule has 0 atom stereocenters. The maximum atomic E-state index is 8.36. The van der Waals surface area contributed by atoms with Gasteiger partial charge in [0.1, 0.15) is 5.75 Å². The summed E-state index contributed by atoms with van der Waals surface area (Å²) in [5.41, 5.74) is 5.56. The Morgan fingerprint density at radius 1 is 1.30 bits per heavy atom. The molecular formula is C16H24N4O3. The SMILES string of the molecule is COc1c(C)cnc(CN(C)Cc2cn[nH]c2C)c1C.O=CO. The van der Waals surface area contributed by atoms with E-state index in [0.29, 0.717) is 0 Å². The lowest BCUT2D eigenvalue weighted by molar-refractivity contribution is -0.122. The van der Waals surface area contributed by atoms with E-state index in [9.17, 15) is 0 Å². The van der Waals surface area contributed by atoms with Crippen molar-refractivity contribution in [2.75, 3.05) is 14.2 Å². The van der Waals surface area contributed by atoms with Crippen molar-refractivity contribution in [2.24, 2.45) is 0 Å². The molecule has 0 amide bonds. The van der Waals surface area contributed by atoms with E-state index in [4.69, 9.17) is 14.6 Å². The quantitative estimate of drug-likeness (QED) is 0.820. The van der Waals surface area contributed by atoms with Crippen LogP contribution in [0.3, 0.4) is 0 Å². The molecule has 7 nitrogen and oxygen atoms in total. The molecule has 7 heteroatoms. The van der Waals surface area contributed by atoms with Crippen molar-refractivity contribution in [2.45, 2.75) is 33.9 Å². The number of methoxy groups -OCH3 is 1. The minimum atomic E-state index is -0.250. The number of hydrogen-bond donors (Lipinski definition) is 2. The van der Waals surface area contributed by atoms with Gasteiger partial charge in [0.25, 0.3) is 6.47 Å². The third-order valence-corrected chi connectivity index (χ3v) is 3.54. The van der Waals surface area contributed by atoms with E-state index in [-0.39, 0.29) is 6.47 Å². The molecule has 23 heavy (non-hydrogen) atoms. The lowest BCUT2D eigenvalue weighted by Crippen LogP contribution is -2.19. The van der Waals surface area contributed by atoms with Crippen molar-refractivity contribution in [3.05, 3.63) is 40.5 Å². The second-order valence-electron chi connectivity index (χ2n) is 5.34. The van der Waals surface area contributed by atoms with Gasteiger partial charge in [-0.05, 0) is 27.8 Å². The average Bonchev–Trinajstić information content (AvgIpc) is 2.89. The van der Waals surface area contributed by atoms with Gasteiger partial charge in [-0.1, -0.05) is 0 Å².